The van der Waals surface area contributed by atoms with Crippen molar-refractivity contribution >= 4 is 28.5 Å². The van der Waals surface area contributed by atoms with Crippen LogP contribution in [0, 0.1) is 11.6 Å². The molecule has 2 unspecified atom stereocenters. The Hall–Kier alpha value is -3.99. The predicted octanol–water partition coefficient (Wildman–Crippen LogP) is 2.41. The first-order valence-corrected chi connectivity index (χ1v) is 11.6. The molecule has 2 aliphatic rings. The number of phenolic OH excluding ortho intramolecular Hbond substituents is 1. The number of nitrogens with two attached hydrogens (primary N) is 1. The number of aromatic carboxylic acids is 1. The minimum atomic E-state index is -1.45. The molecule has 2 atom stereocenters. The van der Waals surface area contributed by atoms with Crippen LogP contribution in [0.25, 0.3) is 10.9 Å². The fourth-order valence-electron chi connectivity index (χ4n) is 4.72. The summed E-state index contributed by atoms with van der Waals surface area (Å²) < 4.78 is 32.4. The third kappa shape index (κ3) is 4.15. The van der Waals surface area contributed by atoms with Gasteiger partial charge in [-0.1, -0.05) is 12.1 Å². The lowest BCUT2D eigenvalue weighted by Gasteiger charge is -2.23. The van der Waals surface area contributed by atoms with Crippen molar-refractivity contribution in [1.82, 2.24) is 9.88 Å². The number of hydrogen-bond acceptors (Lipinski definition) is 6. The number of nitrogens with zero attached hydrogens (tertiary/aromatic N) is 2. The number of nitrogens with one attached hydrogen (secondary N) is 1. The van der Waals surface area contributed by atoms with Gasteiger partial charge < -0.3 is 30.7 Å². The summed E-state index contributed by atoms with van der Waals surface area (Å²) in [5, 5.41) is 21.3. The maximum atomic E-state index is 15.8. The highest BCUT2D eigenvalue weighted by Gasteiger charge is 2.33. The maximum absolute atomic E-state index is 15.8. The van der Waals surface area contributed by atoms with Crippen LogP contribution in [0.5, 0.6) is 5.75 Å². The Kier molecular flexibility index (Phi) is 5.87. The summed E-state index contributed by atoms with van der Waals surface area (Å²) in [7, 11) is 0. The summed E-state index contributed by atoms with van der Waals surface area (Å²) in [5.41, 5.74) is 4.62. The number of carboxylic acids is 1. The van der Waals surface area contributed by atoms with Gasteiger partial charge in [-0.05, 0) is 43.0 Å². The second kappa shape index (κ2) is 8.90. The molecule has 1 aromatic heterocycles. The van der Waals surface area contributed by atoms with Gasteiger partial charge in [0.1, 0.15) is 28.9 Å². The second-order valence-electron chi connectivity index (χ2n) is 9.24. The minimum Gasteiger partial charge on any atom is -0.508 e. The van der Waals surface area contributed by atoms with Gasteiger partial charge in [0.05, 0.1) is 10.9 Å². The Morgan fingerprint density at radius 1 is 1.14 bits per heavy atom. The van der Waals surface area contributed by atoms with E-state index < -0.39 is 46.6 Å². The number of halogens is 2. The van der Waals surface area contributed by atoms with Gasteiger partial charge in [-0.15, -0.1) is 0 Å². The zero-order chi connectivity index (χ0) is 25.7. The summed E-state index contributed by atoms with van der Waals surface area (Å²) in [6.45, 7) is 0.369. The highest BCUT2D eigenvalue weighted by molar-refractivity contribution is 5.94. The van der Waals surface area contributed by atoms with Crippen LogP contribution < -0.4 is 21.4 Å². The molecule has 11 heteroatoms. The number of anilines is 1. The molecular weight excluding hydrogens is 474 g/mol. The molecule has 188 valence electrons. The number of phenols is 1. The van der Waals surface area contributed by atoms with Crippen molar-refractivity contribution in [3.63, 3.8) is 0 Å². The van der Waals surface area contributed by atoms with Crippen LogP contribution in [0.15, 0.2) is 41.3 Å². The molecule has 5 N–H and O–H groups in total. The molecule has 0 radical (unpaired) electrons. The average Bonchev–Trinajstić information content (AvgIpc) is 3.59. The number of benzene rings is 2. The highest BCUT2D eigenvalue weighted by atomic mass is 19.1. The van der Waals surface area contributed by atoms with Crippen LogP contribution in [0.1, 0.15) is 47.3 Å². The Morgan fingerprint density at radius 2 is 1.83 bits per heavy atom. The Labute approximate surface area is 203 Å². The van der Waals surface area contributed by atoms with E-state index in [1.807, 2.05) is 0 Å². The van der Waals surface area contributed by atoms with Crippen molar-refractivity contribution in [2.45, 2.75) is 37.4 Å². The number of carbonyl (C=O) groups excluding carboxylic acids is 1. The smallest absolute Gasteiger partial charge is 0.341 e. The number of aromatic hydroxyl groups is 1. The van der Waals surface area contributed by atoms with E-state index in [9.17, 15) is 24.6 Å². The molecule has 1 saturated heterocycles. The van der Waals surface area contributed by atoms with E-state index in [1.165, 1.54) is 33.7 Å². The van der Waals surface area contributed by atoms with Gasteiger partial charge in [-0.25, -0.2) is 13.6 Å². The fraction of sp³-hybridized carbons (Fsp3) is 0.320. The third-order valence-corrected chi connectivity index (χ3v) is 6.74. The summed E-state index contributed by atoms with van der Waals surface area (Å²) in [5.74, 6) is -3.78. The predicted molar refractivity (Wildman–Crippen MR) is 127 cm³/mol. The largest absolute Gasteiger partial charge is 0.508 e. The first-order chi connectivity index (χ1) is 17.2. The lowest BCUT2D eigenvalue weighted by Crippen LogP contribution is -2.42. The topological polar surface area (TPSA) is 138 Å². The number of carboxylic acid groups (broad SMARTS) is 1. The number of aromatic nitrogens is 1. The molecule has 2 fully saturated rings. The maximum Gasteiger partial charge on any atom is 0.341 e. The lowest BCUT2D eigenvalue weighted by molar-refractivity contribution is -0.123. The van der Waals surface area contributed by atoms with E-state index in [-0.39, 0.29) is 41.5 Å². The highest BCUT2D eigenvalue weighted by Crippen LogP contribution is 2.40. The Balaban J connectivity index is 1.42. The minimum absolute atomic E-state index is 0.0449. The molecule has 0 spiro atoms. The van der Waals surface area contributed by atoms with Crippen LogP contribution in [-0.4, -0.2) is 45.8 Å². The molecule has 3 aromatic rings. The number of rotatable bonds is 6. The summed E-state index contributed by atoms with van der Waals surface area (Å²) in [6.07, 6.45) is 2.94. The van der Waals surface area contributed by atoms with Gasteiger partial charge in [0.2, 0.25) is 11.3 Å². The number of amides is 1. The monoisotopic (exact) mass is 498 g/mol. The number of fused-ring (bicyclic) bond motifs is 1. The summed E-state index contributed by atoms with van der Waals surface area (Å²) >= 11 is 0. The van der Waals surface area contributed by atoms with Gasteiger partial charge in [-0.3, -0.25) is 9.59 Å². The molecule has 2 aromatic carbocycles. The number of pyridine rings is 1. The SMILES string of the molecule is NC(C(=O)NC1CCN(c2c(F)cc3c(=O)c(C(=O)O)cn(C4CC4)c3c2F)C1)c1ccc(O)cc1. The molecule has 1 aliphatic carbocycles. The van der Waals surface area contributed by atoms with Crippen LogP contribution in [0.3, 0.4) is 0 Å². The van der Waals surface area contributed by atoms with Crippen molar-refractivity contribution in [3.8, 4) is 5.75 Å². The zero-order valence-electron chi connectivity index (χ0n) is 19.1. The van der Waals surface area contributed by atoms with E-state index in [1.54, 1.807) is 0 Å². The zero-order valence-corrected chi connectivity index (χ0v) is 19.1. The van der Waals surface area contributed by atoms with E-state index >= 15 is 8.78 Å². The molecule has 2 heterocycles. The second-order valence-corrected chi connectivity index (χ2v) is 9.24. The van der Waals surface area contributed by atoms with Crippen molar-refractivity contribution in [2.75, 3.05) is 18.0 Å². The van der Waals surface area contributed by atoms with E-state index in [0.717, 1.165) is 12.3 Å². The average molecular weight is 498 g/mol. The summed E-state index contributed by atoms with van der Waals surface area (Å²) in [4.78, 5) is 38.3. The van der Waals surface area contributed by atoms with Crippen molar-refractivity contribution in [2.24, 2.45) is 5.73 Å². The molecule has 9 nitrogen and oxygen atoms in total. The van der Waals surface area contributed by atoms with Crippen molar-refractivity contribution in [1.29, 1.82) is 0 Å². The van der Waals surface area contributed by atoms with Crippen LogP contribution in [-0.2, 0) is 4.79 Å². The van der Waals surface area contributed by atoms with Crippen molar-refractivity contribution in [3.05, 3.63) is 69.5 Å². The van der Waals surface area contributed by atoms with Crippen LogP contribution in [0.2, 0.25) is 0 Å². The van der Waals surface area contributed by atoms with Gasteiger partial charge >= 0.3 is 5.97 Å². The fourth-order valence-corrected chi connectivity index (χ4v) is 4.72. The Morgan fingerprint density at radius 3 is 2.47 bits per heavy atom. The number of hydrogen-bond donors (Lipinski definition) is 4. The first kappa shape index (κ1) is 23.7. The van der Waals surface area contributed by atoms with Gasteiger partial charge in [-0.2, -0.15) is 0 Å². The molecule has 1 aliphatic heterocycles. The van der Waals surface area contributed by atoms with Gasteiger partial charge in [0.15, 0.2) is 5.82 Å². The van der Waals surface area contributed by atoms with Gasteiger partial charge in [0.25, 0.3) is 0 Å². The van der Waals surface area contributed by atoms with Gasteiger partial charge in [0, 0.05) is 31.4 Å². The molecule has 5 rings (SSSR count). The standard InChI is InChI=1S/C25H24F2N4O5/c26-18-9-16-21(31(14-3-4-14)11-17(23(16)33)25(35)36)19(27)22(18)30-8-7-13(10-30)29-24(34)20(28)12-1-5-15(32)6-2-12/h1-2,5-6,9,11,13-14,20,32H,3-4,7-8,10,28H2,(H,29,34)(H,35,36). The molecule has 1 amide bonds. The molecule has 0 bridgehead atoms. The van der Waals surface area contributed by atoms with Crippen molar-refractivity contribution < 1.29 is 28.6 Å². The number of carbonyl (C=O) groups is 2. The normalized spacial score (nSPS) is 18.4. The van der Waals surface area contributed by atoms with E-state index in [2.05, 4.69) is 5.32 Å². The lowest BCUT2D eigenvalue weighted by atomic mass is 10.1. The molecular formula is C25H24F2N4O5. The first-order valence-electron chi connectivity index (χ1n) is 11.6. The van der Waals surface area contributed by atoms with Crippen LogP contribution in [0.4, 0.5) is 14.5 Å². The molecule has 1 saturated carbocycles. The third-order valence-electron chi connectivity index (χ3n) is 6.74. The van der Waals surface area contributed by atoms with E-state index in [0.29, 0.717) is 24.8 Å². The molecule has 36 heavy (non-hydrogen) atoms. The summed E-state index contributed by atoms with van der Waals surface area (Å²) in [6, 6.07) is 5.25. The van der Waals surface area contributed by atoms with E-state index in [4.69, 9.17) is 5.73 Å². The van der Waals surface area contributed by atoms with Crippen LogP contribution >= 0.6 is 0 Å². The quantitative estimate of drug-likeness (QED) is 0.410. The Bertz CT molecular complexity index is 1440.